The minimum Gasteiger partial charge on any atom is -0.497 e. The number of rotatable bonds is 5. The van der Waals surface area contributed by atoms with Crippen LogP contribution < -0.4 is 25.6 Å². The molecule has 0 fully saturated rings. The quantitative estimate of drug-likeness (QED) is 0.518. The number of methoxy groups -OCH3 is 1. The number of carbonyl (C=O) groups is 1. The third kappa shape index (κ3) is 6.01. The maximum atomic E-state index is 12.2. The van der Waals surface area contributed by atoms with Crippen LogP contribution in [0.3, 0.4) is 0 Å². The predicted molar refractivity (Wildman–Crippen MR) is 112 cm³/mol. The zero-order valence-corrected chi connectivity index (χ0v) is 17.1. The lowest BCUT2D eigenvalue weighted by molar-refractivity contribution is -0.127. The third-order valence-electron chi connectivity index (χ3n) is 3.74. The van der Waals surface area contributed by atoms with Crippen LogP contribution in [0.5, 0.6) is 11.5 Å². The number of hydrazine groups is 1. The van der Waals surface area contributed by atoms with E-state index in [1.54, 1.807) is 38.3 Å². The molecule has 0 unspecified atom stereocenters. The second-order valence-electron chi connectivity index (χ2n) is 5.93. The normalized spacial score (nSPS) is 11.3. The fraction of sp³-hybridized carbons (Fsp3) is 0.263. The van der Waals surface area contributed by atoms with Crippen molar-refractivity contribution in [2.75, 3.05) is 12.4 Å². The summed E-state index contributed by atoms with van der Waals surface area (Å²) in [6.07, 6.45) is -0.722. The van der Waals surface area contributed by atoms with Gasteiger partial charge in [-0.15, -0.1) is 0 Å². The SMILES string of the molecule is COc1ccc(NC(=S)NNC(=O)[C@@H](C)Oc2c(C)cc(Cl)cc2C)cc1. The van der Waals surface area contributed by atoms with Gasteiger partial charge in [0.05, 0.1) is 7.11 Å². The van der Waals surface area contributed by atoms with Crippen molar-refractivity contribution in [2.45, 2.75) is 26.9 Å². The Morgan fingerprint density at radius 1 is 1.11 bits per heavy atom. The lowest BCUT2D eigenvalue weighted by Gasteiger charge is -2.19. The molecule has 6 nitrogen and oxygen atoms in total. The van der Waals surface area contributed by atoms with Crippen molar-refractivity contribution in [3.05, 3.63) is 52.5 Å². The molecule has 0 bridgehead atoms. The minimum atomic E-state index is -0.722. The van der Waals surface area contributed by atoms with E-state index < -0.39 is 6.10 Å². The summed E-state index contributed by atoms with van der Waals surface area (Å²) in [7, 11) is 1.60. The van der Waals surface area contributed by atoms with E-state index >= 15 is 0 Å². The number of thiocarbonyl (C=S) groups is 1. The smallest absolute Gasteiger partial charge is 0.279 e. The lowest BCUT2D eigenvalue weighted by atomic mass is 10.1. The molecular formula is C19H22ClN3O3S. The highest BCUT2D eigenvalue weighted by Gasteiger charge is 2.17. The Labute approximate surface area is 169 Å². The summed E-state index contributed by atoms with van der Waals surface area (Å²) in [5.74, 6) is 1.02. The number of amides is 1. The van der Waals surface area contributed by atoms with Crippen molar-refractivity contribution >= 4 is 40.5 Å². The van der Waals surface area contributed by atoms with Crippen LogP contribution in [0.4, 0.5) is 5.69 Å². The summed E-state index contributed by atoms with van der Waals surface area (Å²) < 4.78 is 10.9. The molecule has 2 aromatic carbocycles. The minimum absolute atomic E-state index is 0.250. The van der Waals surface area contributed by atoms with Crippen molar-refractivity contribution in [1.29, 1.82) is 0 Å². The highest BCUT2D eigenvalue weighted by atomic mass is 35.5. The summed E-state index contributed by atoms with van der Waals surface area (Å²) in [6, 6.07) is 10.8. The van der Waals surface area contributed by atoms with Crippen LogP contribution in [0.1, 0.15) is 18.1 Å². The van der Waals surface area contributed by atoms with Crippen molar-refractivity contribution < 1.29 is 14.3 Å². The van der Waals surface area contributed by atoms with Crippen LogP contribution in [-0.4, -0.2) is 24.2 Å². The van der Waals surface area contributed by atoms with Gasteiger partial charge in [-0.2, -0.15) is 0 Å². The lowest BCUT2D eigenvalue weighted by Crippen LogP contribution is -2.48. The van der Waals surface area contributed by atoms with Crippen molar-refractivity contribution in [1.82, 2.24) is 10.9 Å². The maximum Gasteiger partial charge on any atom is 0.279 e. The Morgan fingerprint density at radius 3 is 2.26 bits per heavy atom. The Kier molecular flexibility index (Phi) is 7.27. The Hall–Kier alpha value is -2.51. The fourth-order valence-corrected chi connectivity index (χ4v) is 2.87. The molecule has 0 aromatic heterocycles. The average molecular weight is 408 g/mol. The zero-order chi connectivity index (χ0) is 20.0. The van der Waals surface area contributed by atoms with Gasteiger partial charge in [-0.05, 0) is 80.5 Å². The first-order valence-electron chi connectivity index (χ1n) is 8.24. The fourth-order valence-electron chi connectivity index (χ4n) is 2.37. The molecule has 0 aliphatic carbocycles. The molecule has 0 saturated carbocycles. The average Bonchev–Trinajstić information content (AvgIpc) is 2.63. The molecule has 8 heteroatoms. The van der Waals surface area contributed by atoms with E-state index in [4.69, 9.17) is 33.3 Å². The van der Waals surface area contributed by atoms with Gasteiger partial charge < -0.3 is 14.8 Å². The molecule has 0 spiro atoms. The van der Waals surface area contributed by atoms with Crippen molar-refractivity contribution in [3.63, 3.8) is 0 Å². The van der Waals surface area contributed by atoms with Crippen LogP contribution in [0.2, 0.25) is 5.02 Å². The van der Waals surface area contributed by atoms with Gasteiger partial charge in [0.1, 0.15) is 11.5 Å². The zero-order valence-electron chi connectivity index (χ0n) is 15.6. The predicted octanol–water partition coefficient (Wildman–Crippen LogP) is 3.75. The molecule has 0 aliphatic heterocycles. The van der Waals surface area contributed by atoms with Gasteiger partial charge >= 0.3 is 0 Å². The number of hydrogen-bond acceptors (Lipinski definition) is 4. The van der Waals surface area contributed by atoms with E-state index in [1.165, 1.54) is 0 Å². The summed E-state index contributed by atoms with van der Waals surface area (Å²) in [4.78, 5) is 12.2. The number of anilines is 1. The molecule has 3 N–H and O–H groups in total. The molecule has 1 atom stereocenters. The van der Waals surface area contributed by atoms with Gasteiger partial charge in [0, 0.05) is 10.7 Å². The van der Waals surface area contributed by atoms with Gasteiger partial charge in [0.15, 0.2) is 11.2 Å². The van der Waals surface area contributed by atoms with Crippen molar-refractivity contribution in [2.24, 2.45) is 0 Å². The number of carbonyl (C=O) groups excluding carboxylic acids is 1. The van der Waals surface area contributed by atoms with Gasteiger partial charge in [-0.3, -0.25) is 15.6 Å². The molecule has 0 radical (unpaired) electrons. The summed E-state index contributed by atoms with van der Waals surface area (Å²) in [6.45, 7) is 5.42. The highest BCUT2D eigenvalue weighted by Crippen LogP contribution is 2.27. The van der Waals surface area contributed by atoms with E-state index in [0.717, 1.165) is 22.6 Å². The van der Waals surface area contributed by atoms with Gasteiger partial charge in [-0.25, -0.2) is 0 Å². The van der Waals surface area contributed by atoms with Crippen LogP contribution in [0.25, 0.3) is 0 Å². The number of halogens is 1. The van der Waals surface area contributed by atoms with Gasteiger partial charge in [-0.1, -0.05) is 11.6 Å². The number of hydrogen-bond donors (Lipinski definition) is 3. The first-order chi connectivity index (χ1) is 12.8. The van der Waals surface area contributed by atoms with E-state index in [-0.39, 0.29) is 11.0 Å². The first-order valence-corrected chi connectivity index (χ1v) is 9.03. The summed E-state index contributed by atoms with van der Waals surface area (Å²) in [5.41, 5.74) is 7.67. The standard InChI is InChI=1S/C19H22ClN3O3S/c1-11-9-14(20)10-12(2)17(11)26-13(3)18(24)22-23-19(27)21-15-5-7-16(25-4)8-6-15/h5-10,13H,1-4H3,(H,22,24)(H2,21,23,27)/t13-/m1/s1. The Balaban J connectivity index is 1.86. The number of aryl methyl sites for hydroxylation is 2. The van der Waals surface area contributed by atoms with Gasteiger partial charge in [0.2, 0.25) is 0 Å². The van der Waals surface area contributed by atoms with Crippen LogP contribution in [0, 0.1) is 13.8 Å². The molecule has 2 rings (SSSR count). The molecule has 0 heterocycles. The van der Waals surface area contributed by atoms with Crippen LogP contribution in [-0.2, 0) is 4.79 Å². The summed E-state index contributed by atoms with van der Waals surface area (Å²) >= 11 is 11.2. The second-order valence-corrected chi connectivity index (χ2v) is 6.77. The number of ether oxygens (including phenoxy) is 2. The van der Waals surface area contributed by atoms with E-state index in [2.05, 4.69) is 16.2 Å². The van der Waals surface area contributed by atoms with E-state index in [9.17, 15) is 4.79 Å². The number of nitrogens with one attached hydrogen (secondary N) is 3. The molecule has 144 valence electrons. The highest BCUT2D eigenvalue weighted by molar-refractivity contribution is 7.80. The maximum absolute atomic E-state index is 12.2. The Bertz CT molecular complexity index is 804. The topological polar surface area (TPSA) is 71.6 Å². The molecule has 0 saturated heterocycles. The molecule has 27 heavy (non-hydrogen) atoms. The van der Waals surface area contributed by atoms with Crippen molar-refractivity contribution in [3.8, 4) is 11.5 Å². The van der Waals surface area contributed by atoms with E-state index in [1.807, 2.05) is 26.0 Å². The molecule has 2 aromatic rings. The first kappa shape index (κ1) is 20.8. The molecule has 1 amide bonds. The monoisotopic (exact) mass is 407 g/mol. The summed E-state index contributed by atoms with van der Waals surface area (Å²) in [5, 5.41) is 3.84. The number of benzene rings is 2. The third-order valence-corrected chi connectivity index (χ3v) is 4.16. The molecule has 0 aliphatic rings. The van der Waals surface area contributed by atoms with Gasteiger partial charge in [0.25, 0.3) is 5.91 Å². The van der Waals surface area contributed by atoms with Crippen LogP contribution >= 0.6 is 23.8 Å². The van der Waals surface area contributed by atoms with Crippen LogP contribution in [0.15, 0.2) is 36.4 Å². The molecular weight excluding hydrogens is 386 g/mol. The Morgan fingerprint density at radius 2 is 1.70 bits per heavy atom. The largest absolute Gasteiger partial charge is 0.497 e. The second kappa shape index (κ2) is 9.43. The van der Waals surface area contributed by atoms with E-state index in [0.29, 0.717) is 10.8 Å².